The van der Waals surface area contributed by atoms with Crippen molar-refractivity contribution in [3.05, 3.63) is 68.9 Å². The Morgan fingerprint density at radius 3 is 1.43 bits per heavy atom. The topological polar surface area (TPSA) is 0 Å². The van der Waals surface area contributed by atoms with Gasteiger partial charge in [0.25, 0.3) is 0 Å². The average Bonchev–Trinajstić information content (AvgIpc) is 3.48. The number of rotatable bonds is 4. The summed E-state index contributed by atoms with van der Waals surface area (Å²) in [4.78, 5) is 11.2. The molecule has 0 atom stereocenters. The Morgan fingerprint density at radius 1 is 0.500 bits per heavy atom. The lowest BCUT2D eigenvalue weighted by molar-refractivity contribution is 1.52. The normalized spacial score (nSPS) is 11.5. The van der Waals surface area contributed by atoms with Crippen molar-refractivity contribution < 1.29 is 0 Å². The van der Waals surface area contributed by atoms with Gasteiger partial charge in [0.1, 0.15) is 0 Å². The summed E-state index contributed by atoms with van der Waals surface area (Å²) in [5, 5.41) is 4.44. The minimum absolute atomic E-state index is 1.35. The van der Waals surface area contributed by atoms with Crippen LogP contribution < -0.4 is 0 Å². The quantitative estimate of drug-likeness (QED) is 0.239. The monoisotopic (exact) mass is 482 g/mol. The summed E-state index contributed by atoms with van der Waals surface area (Å²) in [6.45, 7) is 11.1. The lowest BCUT2D eigenvalue weighted by Gasteiger charge is -1.95. The minimum Gasteiger partial charge on any atom is -0.143 e. The van der Waals surface area contributed by atoms with Gasteiger partial charge in [-0.25, -0.2) is 0 Å². The molecule has 0 amide bonds. The maximum atomic E-state index is 2.38. The fourth-order valence-electron chi connectivity index (χ4n) is 3.69. The highest BCUT2D eigenvalue weighted by atomic mass is 32.1. The van der Waals surface area contributed by atoms with Crippen LogP contribution in [0.2, 0.25) is 0 Å². The maximum absolute atomic E-state index is 2.38. The van der Waals surface area contributed by atoms with Crippen LogP contribution >= 0.6 is 56.7 Å². The van der Waals surface area contributed by atoms with E-state index in [9.17, 15) is 0 Å². The molecule has 5 heterocycles. The van der Waals surface area contributed by atoms with Crippen LogP contribution in [0.3, 0.4) is 0 Å². The zero-order chi connectivity index (χ0) is 21.0. The highest BCUT2D eigenvalue weighted by molar-refractivity contribution is 7.29. The molecule has 0 aliphatic rings. The summed E-state index contributed by atoms with van der Waals surface area (Å²) in [5.74, 6) is 0. The van der Waals surface area contributed by atoms with Crippen LogP contribution in [0, 0.1) is 34.6 Å². The van der Waals surface area contributed by atoms with E-state index in [0.29, 0.717) is 0 Å². The van der Waals surface area contributed by atoms with Crippen LogP contribution in [0.5, 0.6) is 0 Å². The van der Waals surface area contributed by atoms with Gasteiger partial charge < -0.3 is 0 Å². The van der Waals surface area contributed by atoms with E-state index in [1.165, 1.54) is 66.8 Å². The Hall–Kier alpha value is -1.50. The van der Waals surface area contributed by atoms with E-state index in [4.69, 9.17) is 0 Å². The standard InChI is InChI=1S/C25H22S5/c1-13-8-18(27-12-13)23-15(3)10-20(29-23)25-17(5)11-21(30-25)24-16(4)9-19(28-24)22-14(2)6-7-26-22/h6-12H,1-5H3. The van der Waals surface area contributed by atoms with Crippen LogP contribution in [0.15, 0.2) is 41.1 Å². The first kappa shape index (κ1) is 20.4. The van der Waals surface area contributed by atoms with Gasteiger partial charge in [-0.2, -0.15) is 0 Å². The molecule has 0 radical (unpaired) electrons. The highest BCUT2D eigenvalue weighted by Crippen LogP contribution is 2.48. The molecule has 0 nitrogen and oxygen atoms in total. The molecule has 0 N–H and O–H groups in total. The summed E-state index contributed by atoms with van der Waals surface area (Å²) >= 11 is 9.52. The molecule has 30 heavy (non-hydrogen) atoms. The lowest BCUT2D eigenvalue weighted by Crippen LogP contribution is -1.68. The zero-order valence-corrected chi connectivity index (χ0v) is 21.7. The molecule has 0 bridgehead atoms. The van der Waals surface area contributed by atoms with Crippen LogP contribution in [0.1, 0.15) is 27.8 Å². The molecule has 0 spiro atoms. The van der Waals surface area contributed by atoms with Gasteiger partial charge in [-0.05, 0) is 104 Å². The van der Waals surface area contributed by atoms with E-state index in [1.54, 1.807) is 0 Å². The predicted molar refractivity (Wildman–Crippen MR) is 141 cm³/mol. The molecule has 5 heteroatoms. The Kier molecular flexibility index (Phi) is 5.36. The van der Waals surface area contributed by atoms with E-state index < -0.39 is 0 Å². The van der Waals surface area contributed by atoms with Crippen molar-refractivity contribution in [2.45, 2.75) is 34.6 Å². The first-order chi connectivity index (χ1) is 14.4. The average molecular weight is 483 g/mol. The number of aryl methyl sites for hydroxylation is 5. The summed E-state index contributed by atoms with van der Waals surface area (Å²) < 4.78 is 0. The molecule has 0 fully saturated rings. The maximum Gasteiger partial charge on any atom is 0.0479 e. The summed E-state index contributed by atoms with van der Waals surface area (Å²) in [5.41, 5.74) is 6.87. The molecule has 0 aliphatic carbocycles. The minimum atomic E-state index is 1.35. The van der Waals surface area contributed by atoms with E-state index >= 15 is 0 Å². The van der Waals surface area contributed by atoms with Gasteiger partial charge in [0, 0.05) is 39.0 Å². The van der Waals surface area contributed by atoms with Gasteiger partial charge >= 0.3 is 0 Å². The molecule has 5 aromatic rings. The SMILES string of the molecule is Cc1csc(-c2sc(-c3sc(-c4sc(-c5sccc5C)cc4C)cc3C)cc2C)c1. The van der Waals surface area contributed by atoms with Crippen LogP contribution in [-0.2, 0) is 0 Å². The van der Waals surface area contributed by atoms with Crippen LogP contribution in [-0.4, -0.2) is 0 Å². The molecule has 0 unspecified atom stereocenters. The van der Waals surface area contributed by atoms with E-state index in [2.05, 4.69) is 75.7 Å². The summed E-state index contributed by atoms with van der Waals surface area (Å²) in [7, 11) is 0. The molecule has 5 rings (SSSR count). The number of thiophene rings is 5. The van der Waals surface area contributed by atoms with Crippen molar-refractivity contribution in [2.24, 2.45) is 0 Å². The van der Waals surface area contributed by atoms with Crippen LogP contribution in [0.25, 0.3) is 39.0 Å². The molecule has 0 aliphatic heterocycles. The summed E-state index contributed by atoms with van der Waals surface area (Å²) in [6.07, 6.45) is 0. The van der Waals surface area contributed by atoms with Crippen molar-refractivity contribution >= 4 is 56.7 Å². The Morgan fingerprint density at radius 2 is 1.00 bits per heavy atom. The molecular weight excluding hydrogens is 461 g/mol. The lowest BCUT2D eigenvalue weighted by atomic mass is 10.2. The number of hydrogen-bond acceptors (Lipinski definition) is 5. The van der Waals surface area contributed by atoms with Crippen molar-refractivity contribution in [1.29, 1.82) is 0 Å². The van der Waals surface area contributed by atoms with E-state index in [0.717, 1.165) is 0 Å². The van der Waals surface area contributed by atoms with Crippen molar-refractivity contribution in [1.82, 2.24) is 0 Å². The molecule has 0 saturated heterocycles. The Balaban J connectivity index is 1.54. The molecule has 152 valence electrons. The van der Waals surface area contributed by atoms with Gasteiger partial charge in [0.15, 0.2) is 0 Å². The fraction of sp³-hybridized carbons (Fsp3) is 0.200. The van der Waals surface area contributed by atoms with Crippen molar-refractivity contribution in [3.8, 4) is 39.0 Å². The highest BCUT2D eigenvalue weighted by Gasteiger charge is 2.18. The fourth-order valence-corrected chi connectivity index (χ4v) is 9.74. The van der Waals surface area contributed by atoms with Crippen molar-refractivity contribution in [2.75, 3.05) is 0 Å². The predicted octanol–water partition coefficient (Wildman–Crippen LogP) is 10.2. The van der Waals surface area contributed by atoms with Gasteiger partial charge in [-0.1, -0.05) is 0 Å². The largest absolute Gasteiger partial charge is 0.143 e. The third-order valence-electron chi connectivity index (χ3n) is 5.24. The molecular formula is C25H22S5. The van der Waals surface area contributed by atoms with Gasteiger partial charge in [0.2, 0.25) is 0 Å². The third-order valence-corrected chi connectivity index (χ3v) is 11.7. The summed E-state index contributed by atoms with van der Waals surface area (Å²) in [6, 6.07) is 11.6. The van der Waals surface area contributed by atoms with Crippen LogP contribution in [0.4, 0.5) is 0 Å². The Bertz CT molecular complexity index is 1350. The van der Waals surface area contributed by atoms with E-state index in [-0.39, 0.29) is 0 Å². The first-order valence-corrected chi connectivity index (χ1v) is 14.0. The van der Waals surface area contributed by atoms with E-state index in [1.807, 2.05) is 56.7 Å². The second-order valence-electron chi connectivity index (χ2n) is 7.79. The molecule has 5 aromatic heterocycles. The Labute approximate surface area is 198 Å². The van der Waals surface area contributed by atoms with Crippen molar-refractivity contribution in [3.63, 3.8) is 0 Å². The first-order valence-electron chi connectivity index (χ1n) is 9.82. The smallest absolute Gasteiger partial charge is 0.0479 e. The second kappa shape index (κ2) is 7.88. The number of hydrogen-bond donors (Lipinski definition) is 0. The molecule has 0 aromatic carbocycles. The van der Waals surface area contributed by atoms with Gasteiger partial charge in [-0.3, -0.25) is 0 Å². The van der Waals surface area contributed by atoms with Gasteiger partial charge in [0.05, 0.1) is 0 Å². The molecule has 0 saturated carbocycles. The van der Waals surface area contributed by atoms with Gasteiger partial charge in [-0.15, -0.1) is 56.7 Å². The second-order valence-corrected chi connectivity index (χ2v) is 12.8. The zero-order valence-electron chi connectivity index (χ0n) is 17.6. The third kappa shape index (κ3) is 3.57.